The molecule has 16 rings (SSSR count). The predicted octanol–water partition coefficient (Wildman–Crippen LogP) is 20.3. The molecule has 4 heterocycles. The fourth-order valence-electron chi connectivity index (χ4n) is 13.8. The number of anilines is 4. The van der Waals surface area contributed by atoms with Gasteiger partial charge in [-0.2, -0.15) is 0 Å². The van der Waals surface area contributed by atoms with Crippen molar-refractivity contribution < 1.29 is 4.74 Å². The van der Waals surface area contributed by atoms with E-state index >= 15 is 0 Å². The van der Waals surface area contributed by atoms with Crippen molar-refractivity contribution in [1.82, 2.24) is 14.1 Å². The Morgan fingerprint density at radius 2 is 0.905 bits per heavy atom. The molecule has 84 heavy (non-hydrogen) atoms. The highest BCUT2D eigenvalue weighted by atomic mass is 16.5. The Morgan fingerprint density at radius 3 is 1.50 bits per heavy atom. The molecule has 6 nitrogen and oxygen atoms in total. The number of ether oxygens (including phenoxy) is 1. The second kappa shape index (κ2) is 19.1. The molecule has 0 spiro atoms. The zero-order valence-electron chi connectivity index (χ0n) is 47.3. The minimum Gasteiger partial charge on any atom is -0.457 e. The molecule has 6 heteroatoms. The van der Waals surface area contributed by atoms with Crippen LogP contribution in [0.15, 0.2) is 273 Å². The number of nitrogens with zero attached hydrogens (tertiary/aromatic N) is 5. The summed E-state index contributed by atoms with van der Waals surface area (Å²) in [6.07, 6.45) is 1.98. The van der Waals surface area contributed by atoms with Crippen LogP contribution in [0, 0.1) is 0 Å². The number of para-hydroxylation sites is 5. The van der Waals surface area contributed by atoms with Crippen LogP contribution in [0.1, 0.15) is 49.9 Å². The van der Waals surface area contributed by atoms with E-state index in [1.54, 1.807) is 0 Å². The summed E-state index contributed by atoms with van der Waals surface area (Å²) in [5.41, 5.74) is 21.7. The van der Waals surface area contributed by atoms with E-state index in [-0.39, 0.29) is 10.8 Å². The first kappa shape index (κ1) is 49.4. The Morgan fingerprint density at radius 1 is 0.405 bits per heavy atom. The molecule has 3 aromatic heterocycles. The largest absolute Gasteiger partial charge is 0.457 e. The fraction of sp³-hybridized carbons (Fsp3) is 0.0897. The third-order valence-electron chi connectivity index (χ3n) is 17.8. The first-order chi connectivity index (χ1) is 41.2. The van der Waals surface area contributed by atoms with Gasteiger partial charge in [-0.15, -0.1) is 0 Å². The monoisotopic (exact) mass is 1080 g/mol. The maximum absolute atomic E-state index is 7.35. The van der Waals surface area contributed by atoms with Gasteiger partial charge in [-0.05, 0) is 130 Å². The molecule has 1 aliphatic carbocycles. The molecule has 0 fully saturated rings. The van der Waals surface area contributed by atoms with E-state index in [4.69, 9.17) is 9.72 Å². The van der Waals surface area contributed by atoms with Crippen LogP contribution in [-0.4, -0.2) is 20.8 Å². The minimum atomic E-state index is -0.380. The molecule has 2 aliphatic rings. The number of hydrogen-bond acceptors (Lipinski definition) is 4. The van der Waals surface area contributed by atoms with Gasteiger partial charge in [-0.3, -0.25) is 4.57 Å². The van der Waals surface area contributed by atoms with Gasteiger partial charge in [0.25, 0.3) is 0 Å². The summed E-state index contributed by atoms with van der Waals surface area (Å²) in [6, 6.07) is 97.1. The van der Waals surface area contributed by atoms with Gasteiger partial charge in [0, 0.05) is 68.2 Å². The van der Waals surface area contributed by atoms with Gasteiger partial charge in [-0.25, -0.2) is 4.98 Å². The van der Waals surface area contributed by atoms with Gasteiger partial charge in [-0.1, -0.05) is 197 Å². The lowest BCUT2D eigenvalue weighted by atomic mass is 9.74. The second-order valence-corrected chi connectivity index (χ2v) is 23.7. The van der Waals surface area contributed by atoms with Crippen molar-refractivity contribution in [3.05, 3.63) is 295 Å². The molecule has 0 atom stereocenters. The third-order valence-corrected chi connectivity index (χ3v) is 17.8. The van der Waals surface area contributed by atoms with Crippen LogP contribution in [0.5, 0.6) is 11.5 Å². The van der Waals surface area contributed by atoms with Crippen LogP contribution in [-0.2, 0) is 10.8 Å². The topological polar surface area (TPSA) is 38.5 Å². The average Bonchev–Trinajstić information content (AvgIpc) is 2.23. The molecule has 0 amide bonds. The molecule has 11 aromatic carbocycles. The van der Waals surface area contributed by atoms with Crippen molar-refractivity contribution >= 4 is 66.4 Å². The van der Waals surface area contributed by atoms with E-state index in [0.717, 1.165) is 72.9 Å². The van der Waals surface area contributed by atoms with Crippen LogP contribution in [0.2, 0.25) is 0 Å². The van der Waals surface area contributed by atoms with Crippen LogP contribution < -0.4 is 14.5 Å². The first-order valence-corrected chi connectivity index (χ1v) is 29.1. The van der Waals surface area contributed by atoms with Gasteiger partial charge in [0.1, 0.15) is 24.0 Å². The van der Waals surface area contributed by atoms with Crippen LogP contribution in [0.3, 0.4) is 0 Å². The molecule has 0 unspecified atom stereocenters. The predicted molar refractivity (Wildman–Crippen MR) is 348 cm³/mol. The Bertz CT molecular complexity index is 4770. The first-order valence-electron chi connectivity index (χ1n) is 29.1. The van der Waals surface area contributed by atoms with E-state index in [1.165, 1.54) is 72.1 Å². The minimum absolute atomic E-state index is 0.0954. The Kier molecular flexibility index (Phi) is 11.2. The zero-order valence-corrected chi connectivity index (χ0v) is 47.3. The zero-order chi connectivity index (χ0) is 56.3. The molecule has 14 aromatic rings. The van der Waals surface area contributed by atoms with Crippen molar-refractivity contribution in [2.45, 2.75) is 38.5 Å². The Labute approximate surface area is 489 Å². The molecule has 0 radical (unpaired) electrons. The van der Waals surface area contributed by atoms with Gasteiger partial charge in [0.2, 0.25) is 0 Å². The number of rotatable bonds is 9. The molecule has 0 N–H and O–H groups in total. The number of aromatic nitrogens is 3. The van der Waals surface area contributed by atoms with Crippen molar-refractivity contribution in [1.29, 1.82) is 0 Å². The lowest BCUT2D eigenvalue weighted by molar-refractivity contribution is 0.483. The van der Waals surface area contributed by atoms with Crippen molar-refractivity contribution in [2.24, 2.45) is 0 Å². The number of hydrogen-bond donors (Lipinski definition) is 0. The van der Waals surface area contributed by atoms with E-state index < -0.39 is 0 Å². The van der Waals surface area contributed by atoms with Crippen molar-refractivity contribution in [2.75, 3.05) is 16.5 Å². The number of benzene rings is 11. The molecule has 1 aliphatic heterocycles. The number of pyridine rings is 1. The summed E-state index contributed by atoms with van der Waals surface area (Å²) >= 11 is 0. The van der Waals surface area contributed by atoms with Crippen molar-refractivity contribution in [3.8, 4) is 56.4 Å². The molecule has 0 saturated heterocycles. The van der Waals surface area contributed by atoms with Crippen LogP contribution >= 0.6 is 0 Å². The van der Waals surface area contributed by atoms with Crippen molar-refractivity contribution in [3.63, 3.8) is 0 Å². The summed E-state index contributed by atoms with van der Waals surface area (Å²) in [7, 11) is 0. The fourth-order valence-corrected chi connectivity index (χ4v) is 13.8. The van der Waals surface area contributed by atoms with Gasteiger partial charge in [0.15, 0.2) is 0 Å². The quantitative estimate of drug-likeness (QED) is 0.144. The van der Waals surface area contributed by atoms with E-state index in [0.29, 0.717) is 6.67 Å². The van der Waals surface area contributed by atoms with Gasteiger partial charge >= 0.3 is 0 Å². The van der Waals surface area contributed by atoms with E-state index in [2.05, 4.69) is 314 Å². The molecular weight excluding hydrogens is 1020 g/mol. The summed E-state index contributed by atoms with van der Waals surface area (Å²) in [5.74, 6) is 2.30. The van der Waals surface area contributed by atoms with Crippen LogP contribution in [0.25, 0.3) is 88.5 Å². The maximum Gasteiger partial charge on any atom is 0.137 e. The average molecular weight is 1080 g/mol. The normalized spacial score (nSPS) is 13.5. The summed E-state index contributed by atoms with van der Waals surface area (Å²) < 4.78 is 12.1. The lowest BCUT2D eigenvalue weighted by Gasteiger charge is -2.30. The number of fused-ring (bicyclic) bond motifs is 10. The molecular formula is C78H59N5O. The summed E-state index contributed by atoms with van der Waals surface area (Å²) in [4.78, 5) is 10.2. The summed E-state index contributed by atoms with van der Waals surface area (Å²) in [5, 5.41) is 4.68. The lowest BCUT2D eigenvalue weighted by Crippen LogP contribution is -2.25. The molecule has 402 valence electrons. The SMILES string of the molecule is CC(C)(C)c1cc(-c2ccccc2)c(N2CN(c3cc(Oc4ccc5c6ccccc6n(-c6cc(C7(C)c8ccccc8-c8ccccc87)ccn6)c5c4)cc(-n4c5ccccc5c5ccccc54)c3)c3ccccc32)c(-c2ccccc2)c1. The van der Waals surface area contributed by atoms with E-state index in [1.807, 2.05) is 6.20 Å². The Hall–Kier alpha value is -10.4. The molecule has 0 saturated carbocycles. The van der Waals surface area contributed by atoms with Gasteiger partial charge < -0.3 is 19.1 Å². The smallest absolute Gasteiger partial charge is 0.137 e. The summed E-state index contributed by atoms with van der Waals surface area (Å²) in [6.45, 7) is 9.85. The third kappa shape index (κ3) is 7.74. The van der Waals surface area contributed by atoms with Gasteiger partial charge in [0.05, 0.1) is 44.8 Å². The van der Waals surface area contributed by atoms with Crippen LogP contribution in [0.4, 0.5) is 22.7 Å². The highest BCUT2D eigenvalue weighted by Gasteiger charge is 2.41. The standard InChI is InChI=1S/C78H59N5O/c1-77(2,3)54-43-65(51-23-7-5-8-24-51)76(66(44-54)52-25-9-6-10-26-52)81-50-80(72-37-21-22-38-73(72)81)55-46-56(82-69-34-18-13-29-61(69)62-30-14-19-35-70(62)82)48-58(47-55)84-57-39-40-64-63-31-15-20-36-71(63)83(74(64)49-57)75-45-53(41-42-79-75)78(4)67-32-16-11-27-59(67)60-28-12-17-33-68(60)78/h5-49H,50H2,1-4H3. The second-order valence-electron chi connectivity index (χ2n) is 23.7. The van der Waals surface area contributed by atoms with E-state index in [9.17, 15) is 0 Å². The highest BCUT2D eigenvalue weighted by molar-refractivity contribution is 6.11. The highest BCUT2D eigenvalue weighted by Crippen LogP contribution is 2.54. The Balaban J connectivity index is 0.866. The molecule has 0 bridgehead atoms. The maximum atomic E-state index is 7.35.